The van der Waals surface area contributed by atoms with E-state index in [4.69, 9.17) is 5.11 Å². The summed E-state index contributed by atoms with van der Waals surface area (Å²) in [6, 6.07) is 2.93. The van der Waals surface area contributed by atoms with Crippen LogP contribution in [-0.4, -0.2) is 24.2 Å². The van der Waals surface area contributed by atoms with Crippen molar-refractivity contribution in [3.8, 4) is 0 Å². The third kappa shape index (κ3) is 2.89. The minimum atomic E-state index is -4.53. The van der Waals surface area contributed by atoms with Crippen LogP contribution in [0.3, 0.4) is 0 Å². The molecule has 0 spiro atoms. The maximum atomic E-state index is 12.7. The van der Waals surface area contributed by atoms with E-state index in [0.29, 0.717) is 24.7 Å². The molecule has 1 fully saturated rings. The summed E-state index contributed by atoms with van der Waals surface area (Å²) >= 11 is 0. The van der Waals surface area contributed by atoms with Crippen LogP contribution in [0.1, 0.15) is 35.7 Å². The van der Waals surface area contributed by atoms with Crippen molar-refractivity contribution in [2.24, 2.45) is 5.92 Å². The molecule has 6 heteroatoms. The number of carboxylic acid groups (broad SMARTS) is 1. The molecule has 0 aliphatic carbocycles. The summed E-state index contributed by atoms with van der Waals surface area (Å²) in [6.07, 6.45) is -2.60. The van der Waals surface area contributed by atoms with E-state index in [9.17, 15) is 18.0 Å². The van der Waals surface area contributed by atoms with E-state index in [2.05, 4.69) is 6.92 Å². The second-order valence-corrected chi connectivity index (χ2v) is 5.04. The molecule has 1 saturated heterocycles. The second kappa shape index (κ2) is 5.34. The zero-order valence-corrected chi connectivity index (χ0v) is 11.1. The highest BCUT2D eigenvalue weighted by molar-refractivity contribution is 5.94. The van der Waals surface area contributed by atoms with Crippen LogP contribution in [0.15, 0.2) is 18.2 Å². The fourth-order valence-electron chi connectivity index (χ4n) is 2.54. The summed E-state index contributed by atoms with van der Waals surface area (Å²) in [5.41, 5.74) is -0.831. The van der Waals surface area contributed by atoms with Crippen LogP contribution in [0.2, 0.25) is 0 Å². The topological polar surface area (TPSA) is 40.5 Å². The third-order valence-corrected chi connectivity index (χ3v) is 3.76. The van der Waals surface area contributed by atoms with Crippen LogP contribution in [-0.2, 0) is 6.18 Å². The van der Waals surface area contributed by atoms with E-state index >= 15 is 0 Å². The maximum absolute atomic E-state index is 12.7. The number of hydrogen-bond acceptors (Lipinski definition) is 2. The zero-order chi connectivity index (χ0) is 14.9. The van der Waals surface area contributed by atoms with Gasteiger partial charge in [0, 0.05) is 13.1 Å². The first kappa shape index (κ1) is 14.7. The molecule has 1 aromatic rings. The average molecular weight is 287 g/mol. The predicted molar refractivity (Wildman–Crippen MR) is 69.0 cm³/mol. The summed E-state index contributed by atoms with van der Waals surface area (Å²) in [4.78, 5) is 13.1. The molecule has 1 heterocycles. The Bertz CT molecular complexity index is 514. The molecule has 3 nitrogen and oxygen atoms in total. The van der Waals surface area contributed by atoms with Gasteiger partial charge in [0.15, 0.2) is 0 Å². The number of rotatable bonds is 3. The molecule has 1 aliphatic heterocycles. The molecule has 0 saturated carbocycles. The molecule has 1 N–H and O–H groups in total. The summed E-state index contributed by atoms with van der Waals surface area (Å²) in [6.45, 7) is 3.44. The quantitative estimate of drug-likeness (QED) is 0.922. The first-order chi connectivity index (χ1) is 9.32. The van der Waals surface area contributed by atoms with Crippen molar-refractivity contribution in [1.82, 2.24) is 0 Å². The molecular weight excluding hydrogens is 271 g/mol. The van der Waals surface area contributed by atoms with Crippen LogP contribution in [0.4, 0.5) is 18.9 Å². The van der Waals surface area contributed by atoms with E-state index in [-0.39, 0.29) is 5.56 Å². The van der Waals surface area contributed by atoms with Gasteiger partial charge < -0.3 is 10.0 Å². The van der Waals surface area contributed by atoms with E-state index in [1.807, 2.05) is 4.90 Å². The molecule has 0 aromatic heterocycles. The van der Waals surface area contributed by atoms with Crippen LogP contribution >= 0.6 is 0 Å². The molecule has 1 aliphatic rings. The molecule has 0 bridgehead atoms. The Hall–Kier alpha value is -1.72. The van der Waals surface area contributed by atoms with Crippen molar-refractivity contribution in [2.45, 2.75) is 25.9 Å². The standard InChI is InChI=1S/C14H16F3NO2/c1-2-9-5-6-18(8-9)12-4-3-10(14(15,16)17)7-11(12)13(19)20/h3-4,7,9H,2,5-6,8H2,1H3,(H,19,20). The Morgan fingerprint density at radius 2 is 2.15 bits per heavy atom. The number of aromatic carboxylic acids is 1. The SMILES string of the molecule is CCC1CCN(c2ccc(C(F)(F)F)cc2C(=O)O)C1. The number of carbonyl (C=O) groups is 1. The van der Waals surface area contributed by atoms with Gasteiger partial charge in [-0.05, 0) is 30.5 Å². The van der Waals surface area contributed by atoms with E-state index in [1.165, 1.54) is 6.07 Å². The molecule has 2 rings (SSSR count). The highest BCUT2D eigenvalue weighted by atomic mass is 19.4. The third-order valence-electron chi connectivity index (χ3n) is 3.76. The van der Waals surface area contributed by atoms with Crippen molar-refractivity contribution in [1.29, 1.82) is 0 Å². The smallest absolute Gasteiger partial charge is 0.416 e. The van der Waals surface area contributed by atoms with Gasteiger partial charge in [-0.3, -0.25) is 0 Å². The fourth-order valence-corrected chi connectivity index (χ4v) is 2.54. The molecule has 110 valence electrons. The fraction of sp³-hybridized carbons (Fsp3) is 0.500. The first-order valence-corrected chi connectivity index (χ1v) is 6.52. The van der Waals surface area contributed by atoms with Crippen molar-refractivity contribution in [2.75, 3.05) is 18.0 Å². The average Bonchev–Trinajstić information content (AvgIpc) is 2.85. The Morgan fingerprint density at radius 1 is 1.45 bits per heavy atom. The van der Waals surface area contributed by atoms with E-state index in [0.717, 1.165) is 25.0 Å². The number of hydrogen-bond donors (Lipinski definition) is 1. The summed E-state index contributed by atoms with van der Waals surface area (Å²) < 4.78 is 38.0. The van der Waals surface area contributed by atoms with Crippen molar-refractivity contribution in [3.05, 3.63) is 29.3 Å². The Kier molecular flexibility index (Phi) is 3.92. The lowest BCUT2D eigenvalue weighted by molar-refractivity contribution is -0.137. The molecule has 0 amide bonds. The van der Waals surface area contributed by atoms with Crippen LogP contribution in [0, 0.1) is 5.92 Å². The van der Waals surface area contributed by atoms with Gasteiger partial charge in [0.25, 0.3) is 0 Å². The van der Waals surface area contributed by atoms with Crippen molar-refractivity contribution < 1.29 is 23.1 Å². The van der Waals surface area contributed by atoms with Gasteiger partial charge in [0.05, 0.1) is 16.8 Å². The maximum Gasteiger partial charge on any atom is 0.416 e. The summed E-state index contributed by atoms with van der Waals surface area (Å²) in [7, 11) is 0. The number of anilines is 1. The molecular formula is C14H16F3NO2. The highest BCUT2D eigenvalue weighted by Crippen LogP contribution is 2.34. The minimum absolute atomic E-state index is 0.281. The number of alkyl halides is 3. The summed E-state index contributed by atoms with van der Waals surface area (Å²) in [5, 5.41) is 9.15. The van der Waals surface area contributed by atoms with Gasteiger partial charge >= 0.3 is 12.1 Å². The molecule has 1 atom stereocenters. The largest absolute Gasteiger partial charge is 0.478 e. The molecule has 20 heavy (non-hydrogen) atoms. The Labute approximate surface area is 115 Å². The summed E-state index contributed by atoms with van der Waals surface area (Å²) in [5.74, 6) is -0.856. The minimum Gasteiger partial charge on any atom is -0.478 e. The highest BCUT2D eigenvalue weighted by Gasteiger charge is 2.33. The number of carboxylic acids is 1. The zero-order valence-electron chi connectivity index (χ0n) is 11.1. The van der Waals surface area contributed by atoms with Gasteiger partial charge in [0.1, 0.15) is 0 Å². The van der Waals surface area contributed by atoms with Gasteiger partial charge in [-0.15, -0.1) is 0 Å². The van der Waals surface area contributed by atoms with Crippen LogP contribution in [0.5, 0.6) is 0 Å². The monoisotopic (exact) mass is 287 g/mol. The van der Waals surface area contributed by atoms with Gasteiger partial charge in [-0.25, -0.2) is 4.79 Å². The second-order valence-electron chi connectivity index (χ2n) is 5.04. The predicted octanol–water partition coefficient (Wildman–Crippen LogP) is 3.64. The van der Waals surface area contributed by atoms with Crippen molar-refractivity contribution >= 4 is 11.7 Å². The van der Waals surface area contributed by atoms with Crippen LogP contribution in [0.25, 0.3) is 0 Å². The lowest BCUT2D eigenvalue weighted by Crippen LogP contribution is -2.22. The van der Waals surface area contributed by atoms with Gasteiger partial charge in [-0.2, -0.15) is 13.2 Å². The van der Waals surface area contributed by atoms with Gasteiger partial charge in [0.2, 0.25) is 0 Å². The normalized spacial score (nSPS) is 19.4. The number of halogens is 3. The van der Waals surface area contributed by atoms with Crippen molar-refractivity contribution in [3.63, 3.8) is 0 Å². The van der Waals surface area contributed by atoms with Gasteiger partial charge in [-0.1, -0.05) is 13.3 Å². The lowest BCUT2D eigenvalue weighted by atomic mass is 10.1. The Morgan fingerprint density at radius 3 is 2.65 bits per heavy atom. The molecule has 1 unspecified atom stereocenters. The first-order valence-electron chi connectivity index (χ1n) is 6.52. The lowest BCUT2D eigenvalue weighted by Gasteiger charge is -2.21. The van der Waals surface area contributed by atoms with Crippen LogP contribution < -0.4 is 4.90 Å². The van der Waals surface area contributed by atoms with E-state index in [1.54, 1.807) is 0 Å². The molecule has 0 radical (unpaired) electrons. The molecule has 1 aromatic carbocycles. The van der Waals surface area contributed by atoms with E-state index < -0.39 is 17.7 Å². The number of nitrogens with zero attached hydrogens (tertiary/aromatic N) is 1. The number of benzene rings is 1. The Balaban J connectivity index is 2.36.